The van der Waals surface area contributed by atoms with Gasteiger partial charge >= 0.3 is 0 Å². The summed E-state index contributed by atoms with van der Waals surface area (Å²) in [6.07, 6.45) is 0.666. The molecule has 1 amide bonds. The second-order valence-corrected chi connectivity index (χ2v) is 10.7. The summed E-state index contributed by atoms with van der Waals surface area (Å²) in [7, 11) is -3.81. The monoisotopic (exact) mass is 497 g/mol. The molecule has 1 saturated heterocycles. The molecule has 3 heterocycles. The lowest BCUT2D eigenvalue weighted by Gasteiger charge is -2.36. The van der Waals surface area contributed by atoms with Gasteiger partial charge in [0.2, 0.25) is 5.91 Å². The lowest BCUT2D eigenvalue weighted by molar-refractivity contribution is -0.132. The van der Waals surface area contributed by atoms with Gasteiger partial charge < -0.3 is 9.80 Å². The van der Waals surface area contributed by atoms with Gasteiger partial charge in [-0.05, 0) is 44.0 Å². The Morgan fingerprint density at radius 1 is 0.943 bits per heavy atom. The number of sulfonamides is 1. The van der Waals surface area contributed by atoms with Gasteiger partial charge in [0.05, 0.1) is 22.8 Å². The van der Waals surface area contributed by atoms with E-state index in [-0.39, 0.29) is 23.2 Å². The van der Waals surface area contributed by atoms with Crippen molar-refractivity contribution in [3.63, 3.8) is 0 Å². The molecule has 184 valence electrons. The molecule has 8 nitrogen and oxygen atoms in total. The predicted octanol–water partition coefficient (Wildman–Crippen LogP) is 2.74. The third-order valence-corrected chi connectivity index (χ3v) is 8.88. The number of nitrogens with zero attached hydrogens (tertiary/aromatic N) is 5. The van der Waals surface area contributed by atoms with Gasteiger partial charge in [-0.1, -0.05) is 30.3 Å². The van der Waals surface area contributed by atoms with Crippen molar-refractivity contribution in [3.05, 3.63) is 71.3 Å². The van der Waals surface area contributed by atoms with E-state index in [9.17, 15) is 17.6 Å². The zero-order valence-electron chi connectivity index (χ0n) is 19.8. The molecule has 0 atom stereocenters. The Kier molecular flexibility index (Phi) is 6.00. The molecule has 0 aliphatic carbocycles. The Morgan fingerprint density at radius 2 is 1.60 bits per heavy atom. The summed E-state index contributed by atoms with van der Waals surface area (Å²) >= 11 is 0. The number of rotatable bonds is 5. The maximum absolute atomic E-state index is 14.1. The second kappa shape index (κ2) is 8.99. The van der Waals surface area contributed by atoms with E-state index in [1.165, 1.54) is 15.1 Å². The van der Waals surface area contributed by atoms with Crippen LogP contribution in [-0.4, -0.2) is 61.7 Å². The second-order valence-electron chi connectivity index (χ2n) is 8.93. The van der Waals surface area contributed by atoms with Crippen LogP contribution in [0.15, 0.2) is 53.4 Å². The lowest BCUT2D eigenvalue weighted by atomic mass is 10.2. The van der Waals surface area contributed by atoms with Crippen molar-refractivity contribution in [2.75, 3.05) is 41.9 Å². The molecule has 3 aromatic rings. The number of fused-ring (bicyclic) bond motifs is 1. The quantitative estimate of drug-likeness (QED) is 0.542. The van der Waals surface area contributed by atoms with Crippen LogP contribution in [-0.2, 0) is 27.8 Å². The molecule has 0 spiro atoms. The molecule has 35 heavy (non-hydrogen) atoms. The van der Waals surface area contributed by atoms with Crippen LogP contribution < -0.4 is 9.21 Å². The fourth-order valence-electron chi connectivity index (χ4n) is 5.01. The van der Waals surface area contributed by atoms with E-state index in [4.69, 9.17) is 0 Å². The number of carbonyl (C=O) groups is 1. The Labute approximate surface area is 204 Å². The van der Waals surface area contributed by atoms with Crippen LogP contribution in [0.2, 0.25) is 0 Å². The molecule has 1 fully saturated rings. The number of hydrogen-bond donors (Lipinski definition) is 0. The summed E-state index contributed by atoms with van der Waals surface area (Å²) < 4.78 is 44.2. The molecule has 2 aromatic carbocycles. The molecule has 0 N–H and O–H groups in total. The molecule has 2 aliphatic rings. The third kappa shape index (κ3) is 4.16. The molecule has 0 unspecified atom stereocenters. The number of carbonyl (C=O) groups excluding carboxylic acids is 1. The van der Waals surface area contributed by atoms with Crippen LogP contribution in [0.3, 0.4) is 0 Å². The maximum Gasteiger partial charge on any atom is 0.268 e. The van der Waals surface area contributed by atoms with Gasteiger partial charge in [0.25, 0.3) is 10.0 Å². The zero-order chi connectivity index (χ0) is 24.7. The van der Waals surface area contributed by atoms with E-state index in [1.54, 1.807) is 36.9 Å². The first-order valence-corrected chi connectivity index (χ1v) is 13.1. The van der Waals surface area contributed by atoms with Crippen molar-refractivity contribution in [1.29, 1.82) is 0 Å². The minimum atomic E-state index is -3.81. The number of hydrogen-bond acceptors (Lipinski definition) is 5. The van der Waals surface area contributed by atoms with Gasteiger partial charge in [-0.25, -0.2) is 12.8 Å². The van der Waals surface area contributed by atoms with Crippen molar-refractivity contribution >= 4 is 27.3 Å². The topological polar surface area (TPSA) is 78.8 Å². The number of halogens is 1. The van der Waals surface area contributed by atoms with Crippen molar-refractivity contribution in [1.82, 2.24) is 14.7 Å². The first-order chi connectivity index (χ1) is 16.8. The zero-order valence-corrected chi connectivity index (χ0v) is 20.6. The standard InChI is InChI=1S/C25H28FN5O3S/c1-18-25(35(33,34)31-12-11-20-7-3-5-9-22(20)31)19(2)30(27-18)17-24(32)29-15-13-28(14-16-29)23-10-6-4-8-21(23)26/h3-10H,11-17H2,1-2H3. The highest BCUT2D eigenvalue weighted by atomic mass is 32.2. The Hall–Kier alpha value is -3.40. The number of benzene rings is 2. The van der Waals surface area contributed by atoms with Crippen molar-refractivity contribution in [2.24, 2.45) is 0 Å². The number of amides is 1. The molecule has 0 saturated carbocycles. The first-order valence-electron chi connectivity index (χ1n) is 11.7. The Balaban J connectivity index is 1.30. The molecule has 0 bridgehead atoms. The van der Waals surface area contributed by atoms with Gasteiger partial charge in [-0.2, -0.15) is 5.10 Å². The Bertz CT molecular complexity index is 1380. The van der Waals surface area contributed by atoms with Gasteiger partial charge in [-0.3, -0.25) is 13.8 Å². The molecule has 0 radical (unpaired) electrons. The minimum Gasteiger partial charge on any atom is -0.366 e. The largest absolute Gasteiger partial charge is 0.366 e. The fraction of sp³-hybridized carbons (Fsp3) is 0.360. The number of para-hydroxylation sites is 2. The average molecular weight is 498 g/mol. The number of aromatic nitrogens is 2. The van der Waals surface area contributed by atoms with Crippen molar-refractivity contribution in [3.8, 4) is 0 Å². The van der Waals surface area contributed by atoms with Gasteiger partial charge in [-0.15, -0.1) is 0 Å². The highest BCUT2D eigenvalue weighted by molar-refractivity contribution is 7.93. The fourth-order valence-corrected chi connectivity index (χ4v) is 6.89. The highest BCUT2D eigenvalue weighted by Gasteiger charge is 2.35. The van der Waals surface area contributed by atoms with Gasteiger partial charge in [0, 0.05) is 32.7 Å². The SMILES string of the molecule is Cc1nn(CC(=O)N2CCN(c3ccccc3F)CC2)c(C)c1S(=O)(=O)N1CCc2ccccc21. The Morgan fingerprint density at radius 3 is 2.31 bits per heavy atom. The van der Waals surface area contributed by atoms with Crippen molar-refractivity contribution in [2.45, 2.75) is 31.7 Å². The minimum absolute atomic E-state index is 0.0432. The molecule has 5 rings (SSSR count). The van der Waals surface area contributed by atoms with Gasteiger partial charge in [0.1, 0.15) is 17.3 Å². The van der Waals surface area contributed by atoms with E-state index in [0.717, 1.165) is 5.56 Å². The van der Waals surface area contributed by atoms with Crippen LogP contribution in [0, 0.1) is 19.7 Å². The number of anilines is 2. The third-order valence-electron chi connectivity index (χ3n) is 6.82. The summed E-state index contributed by atoms with van der Waals surface area (Å²) in [5, 5.41) is 4.42. The predicted molar refractivity (Wildman–Crippen MR) is 132 cm³/mol. The molecule has 2 aliphatic heterocycles. The normalized spacial score (nSPS) is 16.0. The number of piperazine rings is 1. The average Bonchev–Trinajstić information content (AvgIpc) is 3.40. The molecule has 10 heteroatoms. The summed E-state index contributed by atoms with van der Waals surface area (Å²) in [4.78, 5) is 16.8. The number of aryl methyl sites for hydroxylation is 1. The van der Waals surface area contributed by atoms with Gasteiger partial charge in [0.15, 0.2) is 0 Å². The van der Waals surface area contributed by atoms with E-state index in [1.807, 2.05) is 29.2 Å². The van der Waals surface area contributed by atoms with E-state index < -0.39 is 10.0 Å². The smallest absolute Gasteiger partial charge is 0.268 e. The van der Waals surface area contributed by atoms with Crippen LogP contribution in [0.25, 0.3) is 0 Å². The lowest BCUT2D eigenvalue weighted by Crippen LogP contribution is -2.50. The summed E-state index contributed by atoms with van der Waals surface area (Å²) in [5.74, 6) is -0.413. The van der Waals surface area contributed by atoms with Crippen molar-refractivity contribution < 1.29 is 17.6 Å². The van der Waals surface area contributed by atoms with Crippen LogP contribution in [0.5, 0.6) is 0 Å². The molecular formula is C25H28FN5O3S. The van der Waals surface area contributed by atoms with E-state index >= 15 is 0 Å². The maximum atomic E-state index is 14.1. The summed E-state index contributed by atoms with van der Waals surface area (Å²) in [6.45, 7) is 5.67. The van der Waals surface area contributed by atoms with Crippen LogP contribution in [0.4, 0.5) is 15.8 Å². The molecular weight excluding hydrogens is 469 g/mol. The highest BCUT2D eigenvalue weighted by Crippen LogP contribution is 2.34. The van der Waals surface area contributed by atoms with E-state index in [0.29, 0.717) is 61.9 Å². The first kappa shape index (κ1) is 23.3. The summed E-state index contributed by atoms with van der Waals surface area (Å²) in [6, 6.07) is 14.1. The van der Waals surface area contributed by atoms with Crippen LogP contribution in [0.1, 0.15) is 17.0 Å². The van der Waals surface area contributed by atoms with E-state index in [2.05, 4.69) is 5.10 Å². The summed E-state index contributed by atoms with van der Waals surface area (Å²) in [5.41, 5.74) is 3.07. The van der Waals surface area contributed by atoms with Crippen LogP contribution >= 0.6 is 0 Å². The molecule has 1 aromatic heterocycles.